The number of hydrogen-bond donors (Lipinski definition) is 0. The summed E-state index contributed by atoms with van der Waals surface area (Å²) in [6.45, 7) is 5.58. The van der Waals surface area contributed by atoms with Crippen molar-refractivity contribution >= 4 is 11.6 Å². The second kappa shape index (κ2) is 7.89. The number of amides is 1. The molecule has 0 aliphatic carbocycles. The molecule has 0 spiro atoms. The SMILES string of the molecule is Cc1ccc(-c2cc(C(F)F)n3ncc(CC(=O)N4CCCC(C)C4)c3n2)cc1. The van der Waals surface area contributed by atoms with Crippen molar-refractivity contribution in [2.24, 2.45) is 5.92 Å². The van der Waals surface area contributed by atoms with Gasteiger partial charge >= 0.3 is 0 Å². The Morgan fingerprint density at radius 1 is 1.28 bits per heavy atom. The number of hydrogen-bond acceptors (Lipinski definition) is 3. The maximum atomic E-state index is 13.7. The Kier molecular flexibility index (Phi) is 5.30. The molecular formula is C22H24F2N4O. The molecule has 0 radical (unpaired) electrons. The number of benzene rings is 1. The normalized spacial score (nSPS) is 17.3. The van der Waals surface area contributed by atoms with Crippen LogP contribution in [0.15, 0.2) is 36.5 Å². The Balaban J connectivity index is 1.71. The van der Waals surface area contributed by atoms with Crippen LogP contribution in [0.5, 0.6) is 0 Å². The molecule has 3 heterocycles. The van der Waals surface area contributed by atoms with Crippen molar-refractivity contribution in [2.75, 3.05) is 13.1 Å². The van der Waals surface area contributed by atoms with Gasteiger partial charge in [-0.25, -0.2) is 18.3 Å². The summed E-state index contributed by atoms with van der Waals surface area (Å²) in [5.41, 5.74) is 2.95. The zero-order valence-corrected chi connectivity index (χ0v) is 16.6. The van der Waals surface area contributed by atoms with E-state index in [1.54, 1.807) is 0 Å². The summed E-state index contributed by atoms with van der Waals surface area (Å²) in [5.74, 6) is 0.473. The van der Waals surface area contributed by atoms with Gasteiger partial charge in [0.2, 0.25) is 5.91 Å². The minimum absolute atomic E-state index is 0.00686. The maximum absolute atomic E-state index is 13.7. The standard InChI is InChI=1S/C22H24F2N4O/c1-14-5-7-16(8-6-14)18-11-19(21(23)24)28-22(26-18)17(12-25-28)10-20(29)27-9-3-4-15(2)13-27/h5-8,11-12,15,21H,3-4,9-10,13H2,1-2H3. The first kappa shape index (κ1) is 19.5. The average Bonchev–Trinajstić information content (AvgIpc) is 3.10. The number of carbonyl (C=O) groups excluding carboxylic acids is 1. The minimum atomic E-state index is -2.70. The van der Waals surface area contributed by atoms with Crippen LogP contribution in [-0.2, 0) is 11.2 Å². The lowest BCUT2D eigenvalue weighted by Crippen LogP contribution is -2.39. The number of aromatic nitrogens is 3. The van der Waals surface area contributed by atoms with E-state index in [0.29, 0.717) is 22.8 Å². The van der Waals surface area contributed by atoms with Gasteiger partial charge in [0.1, 0.15) is 5.69 Å². The third kappa shape index (κ3) is 3.99. The number of likely N-dealkylation sites (tertiary alicyclic amines) is 1. The molecular weight excluding hydrogens is 374 g/mol. The molecule has 1 aromatic carbocycles. The van der Waals surface area contributed by atoms with Gasteiger partial charge in [-0.2, -0.15) is 5.10 Å². The number of carbonyl (C=O) groups is 1. The first-order chi connectivity index (χ1) is 13.9. The molecule has 3 aromatic rings. The average molecular weight is 398 g/mol. The first-order valence-electron chi connectivity index (χ1n) is 9.93. The van der Waals surface area contributed by atoms with Gasteiger partial charge in [0.15, 0.2) is 5.65 Å². The van der Waals surface area contributed by atoms with Crippen LogP contribution in [0.2, 0.25) is 0 Å². The summed E-state index contributed by atoms with van der Waals surface area (Å²) in [5, 5.41) is 4.11. The molecule has 0 N–H and O–H groups in total. The number of aryl methyl sites for hydroxylation is 1. The lowest BCUT2D eigenvalue weighted by molar-refractivity contribution is -0.132. The lowest BCUT2D eigenvalue weighted by atomic mass is 10.00. The predicted molar refractivity (Wildman–Crippen MR) is 107 cm³/mol. The largest absolute Gasteiger partial charge is 0.342 e. The summed E-state index contributed by atoms with van der Waals surface area (Å²) in [7, 11) is 0. The molecule has 1 amide bonds. The third-order valence-corrected chi connectivity index (χ3v) is 5.49. The van der Waals surface area contributed by atoms with Crippen molar-refractivity contribution in [3.63, 3.8) is 0 Å². The highest BCUT2D eigenvalue weighted by Gasteiger charge is 2.24. The first-order valence-corrected chi connectivity index (χ1v) is 9.93. The van der Waals surface area contributed by atoms with Crippen LogP contribution in [0.1, 0.15) is 43.0 Å². The molecule has 1 saturated heterocycles. The Morgan fingerprint density at radius 2 is 2.03 bits per heavy atom. The van der Waals surface area contributed by atoms with E-state index in [0.717, 1.165) is 41.6 Å². The smallest absolute Gasteiger partial charge is 0.280 e. The summed E-state index contributed by atoms with van der Waals surface area (Å²) in [6, 6.07) is 8.93. The number of halogens is 2. The number of alkyl halides is 2. The fourth-order valence-corrected chi connectivity index (χ4v) is 3.87. The lowest BCUT2D eigenvalue weighted by Gasteiger charge is -2.30. The third-order valence-electron chi connectivity index (χ3n) is 5.49. The van der Waals surface area contributed by atoms with Crippen molar-refractivity contribution in [3.05, 3.63) is 53.3 Å². The molecule has 1 aliphatic heterocycles. The molecule has 1 aliphatic rings. The van der Waals surface area contributed by atoms with Gasteiger partial charge in [0.25, 0.3) is 6.43 Å². The Bertz CT molecular complexity index is 1030. The number of fused-ring (bicyclic) bond motifs is 1. The molecule has 152 valence electrons. The van der Waals surface area contributed by atoms with Crippen LogP contribution < -0.4 is 0 Å². The fraction of sp³-hybridized carbons (Fsp3) is 0.409. The van der Waals surface area contributed by atoms with Gasteiger partial charge in [-0.15, -0.1) is 0 Å². The van der Waals surface area contributed by atoms with Crippen molar-refractivity contribution in [1.29, 1.82) is 0 Å². The van der Waals surface area contributed by atoms with E-state index in [2.05, 4.69) is 17.0 Å². The minimum Gasteiger partial charge on any atom is -0.342 e. The van der Waals surface area contributed by atoms with Crippen LogP contribution in [-0.4, -0.2) is 38.5 Å². The zero-order chi connectivity index (χ0) is 20.5. The summed E-state index contributed by atoms with van der Waals surface area (Å²) in [4.78, 5) is 19.2. The van der Waals surface area contributed by atoms with E-state index in [-0.39, 0.29) is 18.0 Å². The van der Waals surface area contributed by atoms with Crippen LogP contribution in [0, 0.1) is 12.8 Å². The number of nitrogens with zero attached hydrogens (tertiary/aromatic N) is 4. The fourth-order valence-electron chi connectivity index (χ4n) is 3.87. The molecule has 1 atom stereocenters. The van der Waals surface area contributed by atoms with Crippen molar-refractivity contribution < 1.29 is 13.6 Å². The van der Waals surface area contributed by atoms with E-state index in [4.69, 9.17) is 0 Å². The molecule has 29 heavy (non-hydrogen) atoms. The van der Waals surface area contributed by atoms with E-state index >= 15 is 0 Å². The summed E-state index contributed by atoms with van der Waals surface area (Å²) in [6.07, 6.45) is 1.02. The number of rotatable bonds is 4. The van der Waals surface area contributed by atoms with Crippen LogP contribution in [0.25, 0.3) is 16.9 Å². The molecule has 0 saturated carbocycles. The van der Waals surface area contributed by atoms with E-state index in [9.17, 15) is 13.6 Å². The highest BCUT2D eigenvalue weighted by Crippen LogP contribution is 2.27. The van der Waals surface area contributed by atoms with E-state index in [1.807, 2.05) is 36.1 Å². The number of piperidine rings is 1. The van der Waals surface area contributed by atoms with E-state index < -0.39 is 6.43 Å². The Labute approximate surface area is 168 Å². The zero-order valence-electron chi connectivity index (χ0n) is 16.6. The molecule has 1 unspecified atom stereocenters. The van der Waals surface area contributed by atoms with Crippen molar-refractivity contribution in [3.8, 4) is 11.3 Å². The van der Waals surface area contributed by atoms with E-state index in [1.165, 1.54) is 12.3 Å². The second-order valence-corrected chi connectivity index (χ2v) is 7.90. The summed E-state index contributed by atoms with van der Waals surface area (Å²) >= 11 is 0. The molecule has 2 aromatic heterocycles. The van der Waals surface area contributed by atoms with Gasteiger partial charge in [-0.05, 0) is 31.7 Å². The van der Waals surface area contributed by atoms with Gasteiger partial charge in [0, 0.05) is 24.2 Å². The monoisotopic (exact) mass is 398 g/mol. The molecule has 7 heteroatoms. The molecule has 0 bridgehead atoms. The maximum Gasteiger partial charge on any atom is 0.280 e. The van der Waals surface area contributed by atoms with Gasteiger partial charge in [0.05, 0.1) is 18.3 Å². The quantitative estimate of drug-likeness (QED) is 0.653. The summed E-state index contributed by atoms with van der Waals surface area (Å²) < 4.78 is 28.6. The highest BCUT2D eigenvalue weighted by molar-refractivity contribution is 5.81. The van der Waals surface area contributed by atoms with Crippen LogP contribution >= 0.6 is 0 Å². The molecule has 5 nitrogen and oxygen atoms in total. The molecule has 4 rings (SSSR count). The predicted octanol–water partition coefficient (Wildman–Crippen LogP) is 4.44. The van der Waals surface area contributed by atoms with Crippen LogP contribution in [0.4, 0.5) is 8.78 Å². The second-order valence-electron chi connectivity index (χ2n) is 7.90. The van der Waals surface area contributed by atoms with Gasteiger partial charge in [-0.3, -0.25) is 4.79 Å². The van der Waals surface area contributed by atoms with Gasteiger partial charge in [-0.1, -0.05) is 36.8 Å². The van der Waals surface area contributed by atoms with Crippen LogP contribution in [0.3, 0.4) is 0 Å². The molecule has 1 fully saturated rings. The van der Waals surface area contributed by atoms with Gasteiger partial charge < -0.3 is 4.90 Å². The Morgan fingerprint density at radius 3 is 2.72 bits per heavy atom. The highest BCUT2D eigenvalue weighted by atomic mass is 19.3. The van der Waals surface area contributed by atoms with Crippen molar-refractivity contribution in [2.45, 2.75) is 39.5 Å². The topological polar surface area (TPSA) is 50.5 Å². The Hall–Kier alpha value is -2.83. The van der Waals surface area contributed by atoms with Crippen molar-refractivity contribution in [1.82, 2.24) is 19.5 Å².